The summed E-state index contributed by atoms with van der Waals surface area (Å²) in [5.74, 6) is 0. The van der Waals surface area contributed by atoms with Crippen molar-refractivity contribution in [3.05, 3.63) is 0 Å². The number of halogens is 1. The van der Waals surface area contributed by atoms with Crippen molar-refractivity contribution in [1.29, 1.82) is 0 Å². The summed E-state index contributed by atoms with van der Waals surface area (Å²) in [7, 11) is 0. The summed E-state index contributed by atoms with van der Waals surface area (Å²) in [5.41, 5.74) is 0. The molecule has 0 saturated heterocycles. The van der Waals surface area contributed by atoms with Gasteiger partial charge < -0.3 is 9.47 Å². The highest BCUT2D eigenvalue weighted by Crippen LogP contribution is 2.19. The van der Waals surface area contributed by atoms with Crippen molar-refractivity contribution in [2.24, 2.45) is 0 Å². The van der Waals surface area contributed by atoms with E-state index >= 15 is 0 Å². The Morgan fingerprint density at radius 1 is 1.00 bits per heavy atom. The van der Waals surface area contributed by atoms with Crippen molar-refractivity contribution >= 4 is 6.16 Å². The quantitative estimate of drug-likeness (QED) is 0.672. The second-order valence-corrected chi connectivity index (χ2v) is 5.84. The molecule has 0 heterocycles. The molecule has 1 rings (SSSR count). The number of hydrogen-bond donors (Lipinski definition) is 0. The fourth-order valence-corrected chi connectivity index (χ4v) is 2.60. The lowest BCUT2D eigenvalue weighted by molar-refractivity contribution is 0.00670. The third kappa shape index (κ3) is 9.16. The molecule has 0 aromatic carbocycles. The molecule has 118 valence electrons. The summed E-state index contributed by atoms with van der Waals surface area (Å²) in [6, 6.07) is 0. The number of ether oxygens (including phenoxy) is 2. The van der Waals surface area contributed by atoms with Crippen molar-refractivity contribution in [2.75, 3.05) is 6.61 Å². The van der Waals surface area contributed by atoms with Crippen LogP contribution in [0.3, 0.4) is 0 Å². The van der Waals surface area contributed by atoms with Crippen LogP contribution in [0, 0.1) is 0 Å². The highest BCUT2D eigenvalue weighted by molar-refractivity contribution is 5.60. The second kappa shape index (κ2) is 10.9. The Balaban J connectivity index is 2.28. The van der Waals surface area contributed by atoms with E-state index in [1.165, 1.54) is 51.9 Å². The van der Waals surface area contributed by atoms with Gasteiger partial charge in [-0.05, 0) is 32.6 Å². The number of alkyl halides is 1. The lowest BCUT2D eigenvalue weighted by Crippen LogP contribution is -2.21. The van der Waals surface area contributed by atoms with E-state index in [0.717, 1.165) is 25.7 Å². The highest BCUT2D eigenvalue weighted by atomic mass is 19.1. The summed E-state index contributed by atoms with van der Waals surface area (Å²) >= 11 is 0. The first-order valence-electron chi connectivity index (χ1n) is 8.16. The molecular formula is C16H29FO3. The highest BCUT2D eigenvalue weighted by Gasteiger charge is 2.16. The van der Waals surface area contributed by atoms with Crippen molar-refractivity contribution in [3.63, 3.8) is 0 Å². The average molecular weight is 288 g/mol. The van der Waals surface area contributed by atoms with Gasteiger partial charge in [0.15, 0.2) is 0 Å². The molecular weight excluding hydrogens is 259 g/mol. The van der Waals surface area contributed by atoms with Crippen molar-refractivity contribution in [2.45, 2.75) is 89.8 Å². The molecule has 0 amide bonds. The molecule has 4 heteroatoms. The van der Waals surface area contributed by atoms with E-state index in [0.29, 0.717) is 0 Å². The molecule has 0 aliphatic heterocycles. The van der Waals surface area contributed by atoms with Gasteiger partial charge in [-0.2, -0.15) is 0 Å². The Bertz CT molecular complexity index is 244. The Labute approximate surface area is 122 Å². The van der Waals surface area contributed by atoms with E-state index in [2.05, 4.69) is 0 Å². The van der Waals surface area contributed by atoms with Crippen LogP contribution >= 0.6 is 0 Å². The maximum atomic E-state index is 12.6. The summed E-state index contributed by atoms with van der Waals surface area (Å²) < 4.78 is 22.7. The molecule has 1 saturated carbocycles. The molecule has 0 bridgehead atoms. The fraction of sp³-hybridized carbons (Fsp3) is 0.938. The van der Waals surface area contributed by atoms with Gasteiger partial charge in [0.2, 0.25) is 0 Å². The molecule has 0 spiro atoms. The van der Waals surface area contributed by atoms with Gasteiger partial charge in [0.1, 0.15) is 18.9 Å². The molecule has 3 nitrogen and oxygen atoms in total. The van der Waals surface area contributed by atoms with E-state index in [1.54, 1.807) is 0 Å². The zero-order valence-corrected chi connectivity index (χ0v) is 12.7. The largest absolute Gasteiger partial charge is 0.508 e. The summed E-state index contributed by atoms with van der Waals surface area (Å²) in [4.78, 5) is 11.5. The minimum atomic E-state index is -1.14. The third-order valence-corrected chi connectivity index (χ3v) is 3.75. The van der Waals surface area contributed by atoms with Crippen LogP contribution in [0.4, 0.5) is 9.18 Å². The topological polar surface area (TPSA) is 35.5 Å². The molecule has 1 aliphatic carbocycles. The SMILES string of the molecule is CC(F)COC(=O)OC1CCCCCCCCCCC1. The van der Waals surface area contributed by atoms with Gasteiger partial charge in [0.05, 0.1) is 0 Å². The van der Waals surface area contributed by atoms with Crippen LogP contribution in [-0.4, -0.2) is 25.0 Å². The molecule has 0 aromatic rings. The first-order valence-corrected chi connectivity index (χ1v) is 8.16. The van der Waals surface area contributed by atoms with E-state index in [1.807, 2.05) is 0 Å². The van der Waals surface area contributed by atoms with Crippen LogP contribution in [0.15, 0.2) is 0 Å². The monoisotopic (exact) mass is 288 g/mol. The number of carbonyl (C=O) groups is 1. The van der Waals surface area contributed by atoms with Gasteiger partial charge in [-0.25, -0.2) is 9.18 Å². The van der Waals surface area contributed by atoms with Crippen LogP contribution in [0.25, 0.3) is 0 Å². The van der Waals surface area contributed by atoms with Gasteiger partial charge in [0.25, 0.3) is 0 Å². The predicted octanol–water partition coefficient (Wildman–Crippen LogP) is 5.17. The van der Waals surface area contributed by atoms with Gasteiger partial charge in [-0.1, -0.05) is 44.9 Å². The lowest BCUT2D eigenvalue weighted by Gasteiger charge is -2.18. The maximum absolute atomic E-state index is 12.6. The van der Waals surface area contributed by atoms with Gasteiger partial charge >= 0.3 is 6.16 Å². The smallest absolute Gasteiger partial charge is 0.431 e. The van der Waals surface area contributed by atoms with Crippen LogP contribution in [-0.2, 0) is 9.47 Å². The molecule has 1 fully saturated rings. The predicted molar refractivity (Wildman–Crippen MR) is 77.6 cm³/mol. The second-order valence-electron chi connectivity index (χ2n) is 5.84. The molecule has 1 atom stereocenters. The Kier molecular flexibility index (Phi) is 9.42. The Morgan fingerprint density at radius 2 is 1.45 bits per heavy atom. The number of hydrogen-bond acceptors (Lipinski definition) is 3. The molecule has 0 N–H and O–H groups in total. The number of carbonyl (C=O) groups excluding carboxylic acids is 1. The summed E-state index contributed by atoms with van der Waals surface area (Å²) in [5, 5.41) is 0. The zero-order valence-electron chi connectivity index (χ0n) is 12.7. The van der Waals surface area contributed by atoms with Crippen molar-refractivity contribution in [3.8, 4) is 0 Å². The first-order chi connectivity index (χ1) is 9.68. The fourth-order valence-electron chi connectivity index (χ4n) is 2.60. The normalized spacial score (nSPS) is 21.3. The Morgan fingerprint density at radius 3 is 1.90 bits per heavy atom. The average Bonchev–Trinajstić information content (AvgIpc) is 2.39. The van der Waals surface area contributed by atoms with Crippen LogP contribution in [0.5, 0.6) is 0 Å². The molecule has 1 aliphatic rings. The summed E-state index contributed by atoms with van der Waals surface area (Å²) in [6.45, 7) is 1.15. The first kappa shape index (κ1) is 17.3. The molecule has 0 radical (unpaired) electrons. The van der Waals surface area contributed by atoms with E-state index in [9.17, 15) is 9.18 Å². The van der Waals surface area contributed by atoms with Gasteiger partial charge in [-0.3, -0.25) is 0 Å². The molecule has 0 aromatic heterocycles. The number of rotatable bonds is 3. The maximum Gasteiger partial charge on any atom is 0.508 e. The molecule has 1 unspecified atom stereocenters. The van der Waals surface area contributed by atoms with Crippen LogP contribution in [0.1, 0.15) is 77.6 Å². The van der Waals surface area contributed by atoms with Crippen molar-refractivity contribution < 1.29 is 18.7 Å². The van der Waals surface area contributed by atoms with Gasteiger partial charge in [0, 0.05) is 0 Å². The third-order valence-electron chi connectivity index (χ3n) is 3.75. The lowest BCUT2D eigenvalue weighted by atomic mass is 9.99. The minimum absolute atomic E-state index is 0.0585. The van der Waals surface area contributed by atoms with Crippen molar-refractivity contribution in [1.82, 2.24) is 0 Å². The summed E-state index contributed by atoms with van der Waals surface area (Å²) in [6.07, 6.45) is 11.0. The Hall–Kier alpha value is -0.800. The van der Waals surface area contributed by atoms with Gasteiger partial charge in [-0.15, -0.1) is 0 Å². The zero-order chi connectivity index (χ0) is 14.6. The van der Waals surface area contributed by atoms with E-state index < -0.39 is 12.3 Å². The molecule has 20 heavy (non-hydrogen) atoms. The van der Waals surface area contributed by atoms with Crippen LogP contribution in [0.2, 0.25) is 0 Å². The van der Waals surface area contributed by atoms with E-state index in [4.69, 9.17) is 9.47 Å². The van der Waals surface area contributed by atoms with E-state index in [-0.39, 0.29) is 12.7 Å². The minimum Gasteiger partial charge on any atom is -0.431 e. The van der Waals surface area contributed by atoms with Crippen LogP contribution < -0.4 is 0 Å². The standard InChI is InChI=1S/C16H29FO3/c1-14(17)13-19-16(18)20-15-11-9-7-5-3-2-4-6-8-10-12-15/h14-15H,2-13H2,1H3.